The van der Waals surface area contributed by atoms with Crippen LogP contribution in [0.5, 0.6) is 0 Å². The van der Waals surface area contributed by atoms with Crippen molar-refractivity contribution in [1.82, 2.24) is 4.90 Å². The van der Waals surface area contributed by atoms with Gasteiger partial charge in [0.05, 0.1) is 0 Å². The Morgan fingerprint density at radius 3 is 2.52 bits per heavy atom. The smallest absolute Gasteiger partial charge is 0.254 e. The van der Waals surface area contributed by atoms with Crippen molar-refractivity contribution in [2.45, 2.75) is 52.1 Å². The van der Waals surface area contributed by atoms with Crippen molar-refractivity contribution < 1.29 is 14.4 Å². The maximum Gasteiger partial charge on any atom is 0.254 e. The highest BCUT2D eigenvalue weighted by Crippen LogP contribution is 2.34. The van der Waals surface area contributed by atoms with Gasteiger partial charge >= 0.3 is 0 Å². The van der Waals surface area contributed by atoms with Crippen molar-refractivity contribution in [2.24, 2.45) is 5.92 Å². The number of carbonyl (C=O) groups is 3. The van der Waals surface area contributed by atoms with Gasteiger partial charge in [0, 0.05) is 35.3 Å². The first-order valence-electron chi connectivity index (χ1n) is 10.2. The number of aryl methyl sites for hydroxylation is 2. The van der Waals surface area contributed by atoms with E-state index in [9.17, 15) is 14.4 Å². The number of aldehydes is 1. The number of rotatable bonds is 4. The Balaban J connectivity index is 1.36. The molecule has 1 aliphatic carbocycles. The summed E-state index contributed by atoms with van der Waals surface area (Å²) in [6.45, 7) is 4.61. The summed E-state index contributed by atoms with van der Waals surface area (Å²) in [4.78, 5) is 38.6. The Hall–Kier alpha value is -2.95. The second-order valence-electron chi connectivity index (χ2n) is 8.22. The molecule has 0 unspecified atom stereocenters. The summed E-state index contributed by atoms with van der Waals surface area (Å²) < 4.78 is 0. The number of carbonyl (C=O) groups excluding carboxylic acids is 3. The summed E-state index contributed by atoms with van der Waals surface area (Å²) in [6, 6.07) is 11.5. The lowest BCUT2D eigenvalue weighted by Gasteiger charge is -2.34. The maximum absolute atomic E-state index is 12.8. The van der Waals surface area contributed by atoms with Gasteiger partial charge in [-0.3, -0.25) is 14.4 Å². The molecule has 4 rings (SSSR count). The molecule has 0 radical (unpaired) electrons. The fourth-order valence-electron chi connectivity index (χ4n) is 4.54. The normalized spacial score (nSPS) is 21.0. The first kappa shape index (κ1) is 19.4. The number of hydrogen-bond acceptors (Lipinski definition) is 3. The second-order valence-corrected chi connectivity index (χ2v) is 8.22. The van der Waals surface area contributed by atoms with Crippen LogP contribution in [0.3, 0.4) is 0 Å². The molecular formula is C24H26N2O3. The molecular weight excluding hydrogens is 364 g/mol. The lowest BCUT2D eigenvalue weighted by Crippen LogP contribution is -2.40. The standard InChI is InChI=1S/C24H26N2O3/c1-15-6-9-19(12-18(15)14-27)25-23(28)17-7-10-20(11-8-17)26-13-22-16(2)4-3-5-21(22)24(26)29/h3-6,9,12,14,17,20H,7-8,10-11,13H2,1-2H3,(H,25,28). The number of anilines is 1. The molecule has 0 bridgehead atoms. The van der Waals surface area contributed by atoms with E-state index in [2.05, 4.69) is 18.3 Å². The van der Waals surface area contributed by atoms with Crippen LogP contribution in [0.15, 0.2) is 36.4 Å². The molecule has 1 fully saturated rings. The Kier molecular flexibility index (Phi) is 5.22. The molecule has 1 N–H and O–H groups in total. The number of amides is 2. The van der Waals surface area contributed by atoms with Gasteiger partial charge in [-0.1, -0.05) is 18.2 Å². The van der Waals surface area contributed by atoms with E-state index in [1.165, 1.54) is 5.56 Å². The van der Waals surface area contributed by atoms with Crippen LogP contribution in [0.25, 0.3) is 0 Å². The van der Waals surface area contributed by atoms with Crippen LogP contribution in [0.4, 0.5) is 5.69 Å². The third-order valence-corrected chi connectivity index (χ3v) is 6.41. The summed E-state index contributed by atoms with van der Waals surface area (Å²) >= 11 is 0. The van der Waals surface area contributed by atoms with Crippen molar-refractivity contribution in [2.75, 3.05) is 5.32 Å². The molecule has 0 spiro atoms. The predicted octanol–water partition coefficient (Wildman–Crippen LogP) is 4.27. The van der Waals surface area contributed by atoms with Crippen LogP contribution in [-0.4, -0.2) is 29.0 Å². The Labute approximate surface area is 171 Å². The van der Waals surface area contributed by atoms with Gasteiger partial charge in [0.15, 0.2) is 0 Å². The summed E-state index contributed by atoms with van der Waals surface area (Å²) in [5, 5.41) is 2.95. The molecule has 2 amide bonds. The summed E-state index contributed by atoms with van der Waals surface area (Å²) in [5.74, 6) is 0.0581. The largest absolute Gasteiger partial charge is 0.331 e. The van der Waals surface area contributed by atoms with Crippen molar-refractivity contribution in [3.05, 3.63) is 64.2 Å². The molecule has 5 heteroatoms. The molecule has 0 aromatic heterocycles. The molecule has 2 aromatic rings. The van der Waals surface area contributed by atoms with E-state index >= 15 is 0 Å². The molecule has 5 nitrogen and oxygen atoms in total. The Morgan fingerprint density at radius 1 is 1.07 bits per heavy atom. The van der Waals surface area contributed by atoms with Crippen LogP contribution < -0.4 is 5.32 Å². The van der Waals surface area contributed by atoms with E-state index in [-0.39, 0.29) is 23.8 Å². The van der Waals surface area contributed by atoms with E-state index in [1.54, 1.807) is 6.07 Å². The van der Waals surface area contributed by atoms with Gasteiger partial charge in [0.2, 0.25) is 5.91 Å². The number of nitrogens with zero attached hydrogens (tertiary/aromatic N) is 1. The topological polar surface area (TPSA) is 66.5 Å². The third-order valence-electron chi connectivity index (χ3n) is 6.41. The van der Waals surface area contributed by atoms with Gasteiger partial charge < -0.3 is 10.2 Å². The average Bonchev–Trinajstić information content (AvgIpc) is 3.07. The van der Waals surface area contributed by atoms with Crippen molar-refractivity contribution in [3.63, 3.8) is 0 Å². The van der Waals surface area contributed by atoms with Gasteiger partial charge in [0.25, 0.3) is 5.91 Å². The molecule has 0 saturated heterocycles. The lowest BCUT2D eigenvalue weighted by atomic mass is 9.84. The Bertz CT molecular complexity index is 974. The first-order valence-corrected chi connectivity index (χ1v) is 10.2. The average molecular weight is 390 g/mol. The Morgan fingerprint density at radius 2 is 1.83 bits per heavy atom. The lowest BCUT2D eigenvalue weighted by molar-refractivity contribution is -0.121. The van der Waals surface area contributed by atoms with Crippen LogP contribution >= 0.6 is 0 Å². The number of nitrogens with one attached hydrogen (secondary N) is 1. The van der Waals surface area contributed by atoms with Crippen LogP contribution in [0.2, 0.25) is 0 Å². The molecule has 1 heterocycles. The van der Waals surface area contributed by atoms with Gasteiger partial charge in [-0.05, 0) is 74.4 Å². The maximum atomic E-state index is 12.8. The van der Waals surface area contributed by atoms with Crippen molar-refractivity contribution >= 4 is 23.8 Å². The van der Waals surface area contributed by atoms with E-state index in [0.29, 0.717) is 17.8 Å². The van der Waals surface area contributed by atoms with Gasteiger partial charge in [-0.15, -0.1) is 0 Å². The minimum atomic E-state index is -0.0611. The van der Waals surface area contributed by atoms with Crippen LogP contribution in [0, 0.1) is 19.8 Å². The third kappa shape index (κ3) is 3.69. The van der Waals surface area contributed by atoms with Crippen LogP contribution in [-0.2, 0) is 11.3 Å². The van der Waals surface area contributed by atoms with E-state index < -0.39 is 0 Å². The summed E-state index contributed by atoms with van der Waals surface area (Å²) in [7, 11) is 0. The quantitative estimate of drug-likeness (QED) is 0.793. The molecule has 1 saturated carbocycles. The molecule has 0 atom stereocenters. The van der Waals surface area contributed by atoms with Gasteiger partial charge in [0.1, 0.15) is 6.29 Å². The van der Waals surface area contributed by atoms with Gasteiger partial charge in [-0.25, -0.2) is 0 Å². The number of benzene rings is 2. The van der Waals surface area contributed by atoms with Crippen molar-refractivity contribution in [3.8, 4) is 0 Å². The molecule has 2 aliphatic rings. The van der Waals surface area contributed by atoms with E-state index in [4.69, 9.17) is 0 Å². The molecule has 150 valence electrons. The highest BCUT2D eigenvalue weighted by Gasteiger charge is 2.36. The van der Waals surface area contributed by atoms with Gasteiger partial charge in [-0.2, -0.15) is 0 Å². The minimum absolute atomic E-state index is 0.00367. The molecule has 1 aliphatic heterocycles. The summed E-state index contributed by atoms with van der Waals surface area (Å²) in [6.07, 6.45) is 4.02. The monoisotopic (exact) mass is 390 g/mol. The van der Waals surface area contributed by atoms with E-state index in [1.807, 2.05) is 36.1 Å². The highest BCUT2D eigenvalue weighted by atomic mass is 16.2. The zero-order valence-electron chi connectivity index (χ0n) is 16.9. The highest BCUT2D eigenvalue weighted by molar-refractivity contribution is 5.99. The SMILES string of the molecule is Cc1ccc(NC(=O)C2CCC(N3Cc4c(C)cccc4C3=O)CC2)cc1C=O. The number of hydrogen-bond donors (Lipinski definition) is 1. The summed E-state index contributed by atoms with van der Waals surface area (Å²) in [5.41, 5.74) is 5.28. The number of fused-ring (bicyclic) bond motifs is 1. The zero-order chi connectivity index (χ0) is 20.5. The fourth-order valence-corrected chi connectivity index (χ4v) is 4.54. The van der Waals surface area contributed by atoms with E-state index in [0.717, 1.165) is 48.7 Å². The predicted molar refractivity (Wildman–Crippen MR) is 112 cm³/mol. The van der Waals surface area contributed by atoms with Crippen molar-refractivity contribution in [1.29, 1.82) is 0 Å². The first-order chi connectivity index (χ1) is 14.0. The molecule has 29 heavy (non-hydrogen) atoms. The minimum Gasteiger partial charge on any atom is -0.331 e. The molecule has 2 aromatic carbocycles. The van der Waals surface area contributed by atoms with Crippen LogP contribution in [0.1, 0.15) is 63.1 Å². The zero-order valence-corrected chi connectivity index (χ0v) is 16.9. The fraction of sp³-hybridized carbons (Fsp3) is 0.375. The second kappa shape index (κ2) is 7.82.